The van der Waals surface area contributed by atoms with Crippen LogP contribution < -0.4 is 11.1 Å². The minimum Gasteiger partial charge on any atom is -0.378 e. The Morgan fingerprint density at radius 1 is 1.32 bits per heavy atom. The molecule has 2 heterocycles. The summed E-state index contributed by atoms with van der Waals surface area (Å²) in [7, 11) is 0. The number of nitrogens with two attached hydrogens (primary N) is 1. The number of aliphatic hydroxyl groups is 1. The lowest BCUT2D eigenvalue weighted by Gasteiger charge is -2.13. The van der Waals surface area contributed by atoms with E-state index in [0.717, 1.165) is 23.7 Å². The fourth-order valence-electron chi connectivity index (χ4n) is 3.58. The number of fused-ring (bicyclic) bond motifs is 1. The van der Waals surface area contributed by atoms with Crippen LogP contribution in [0.1, 0.15) is 38.2 Å². The van der Waals surface area contributed by atoms with Crippen molar-refractivity contribution in [3.8, 4) is 17.7 Å². The first-order valence-electron chi connectivity index (χ1n) is 9.21. The van der Waals surface area contributed by atoms with Gasteiger partial charge in [0.15, 0.2) is 0 Å². The number of rotatable bonds is 2. The second-order valence-electron chi connectivity index (χ2n) is 7.09. The van der Waals surface area contributed by atoms with Gasteiger partial charge in [0.2, 0.25) is 11.9 Å². The van der Waals surface area contributed by atoms with Gasteiger partial charge in [-0.05, 0) is 49.9 Å². The predicted octanol–water partition coefficient (Wildman–Crippen LogP) is 2.62. The van der Waals surface area contributed by atoms with E-state index in [1.165, 1.54) is 6.92 Å². The molecular formula is C21H21N5O2. The largest absolute Gasteiger partial charge is 0.378 e. The van der Waals surface area contributed by atoms with Gasteiger partial charge in [0.05, 0.1) is 11.2 Å². The molecule has 7 nitrogen and oxygen atoms in total. The van der Waals surface area contributed by atoms with Gasteiger partial charge in [0.25, 0.3) is 0 Å². The number of nitrogens with one attached hydrogen (secondary N) is 1. The van der Waals surface area contributed by atoms with Crippen molar-refractivity contribution >= 4 is 28.4 Å². The van der Waals surface area contributed by atoms with Gasteiger partial charge in [-0.25, -0.2) is 4.98 Å². The van der Waals surface area contributed by atoms with Crippen molar-refractivity contribution in [2.75, 3.05) is 11.1 Å². The first-order chi connectivity index (χ1) is 13.4. The molecule has 0 atom stereocenters. The molecule has 1 aliphatic rings. The second-order valence-corrected chi connectivity index (χ2v) is 7.09. The number of carbonyl (C=O) groups excluding carboxylic acids is 1. The lowest BCUT2D eigenvalue weighted by Crippen LogP contribution is -2.20. The number of nitrogen functional groups attached to an aromatic ring is 1. The molecule has 0 bridgehead atoms. The Kier molecular flexibility index (Phi) is 4.49. The molecular weight excluding hydrogens is 354 g/mol. The lowest BCUT2D eigenvalue weighted by atomic mass is 10.0. The molecule has 0 radical (unpaired) electrons. The zero-order chi connectivity index (χ0) is 19.7. The number of hydrogen-bond donors (Lipinski definition) is 3. The summed E-state index contributed by atoms with van der Waals surface area (Å²) in [6, 6.07) is 7.41. The SMILES string of the molecule is CC(=O)Nc1cc(C#CC2(O)CCCC2)cc2c1ccn2-c1ccnc(N)n1. The Labute approximate surface area is 162 Å². The van der Waals surface area contributed by atoms with Gasteiger partial charge in [-0.15, -0.1) is 0 Å². The highest BCUT2D eigenvalue weighted by atomic mass is 16.3. The van der Waals surface area contributed by atoms with Crippen molar-refractivity contribution in [3.05, 3.63) is 42.2 Å². The van der Waals surface area contributed by atoms with Crippen LogP contribution in [0.15, 0.2) is 36.7 Å². The Balaban J connectivity index is 1.85. The molecule has 142 valence electrons. The van der Waals surface area contributed by atoms with Crippen LogP contribution in [-0.2, 0) is 4.79 Å². The molecule has 1 fully saturated rings. The van der Waals surface area contributed by atoms with Crippen molar-refractivity contribution in [2.24, 2.45) is 0 Å². The van der Waals surface area contributed by atoms with Crippen molar-refractivity contribution in [2.45, 2.75) is 38.2 Å². The van der Waals surface area contributed by atoms with E-state index >= 15 is 0 Å². The Morgan fingerprint density at radius 2 is 2.11 bits per heavy atom. The predicted molar refractivity (Wildman–Crippen MR) is 108 cm³/mol. The zero-order valence-electron chi connectivity index (χ0n) is 15.6. The molecule has 1 aliphatic carbocycles. The van der Waals surface area contributed by atoms with Gasteiger partial charge in [0.1, 0.15) is 11.4 Å². The number of aromatic nitrogens is 3. The smallest absolute Gasteiger partial charge is 0.221 e. The van der Waals surface area contributed by atoms with Crippen LogP contribution >= 0.6 is 0 Å². The number of hydrogen-bond acceptors (Lipinski definition) is 5. The van der Waals surface area contributed by atoms with Gasteiger partial charge in [-0.2, -0.15) is 4.98 Å². The number of anilines is 2. The van der Waals surface area contributed by atoms with Crippen LogP contribution in [-0.4, -0.2) is 31.1 Å². The van der Waals surface area contributed by atoms with E-state index in [4.69, 9.17) is 5.73 Å². The highest BCUT2D eigenvalue weighted by Crippen LogP contribution is 2.30. The summed E-state index contributed by atoms with van der Waals surface area (Å²) < 4.78 is 1.87. The summed E-state index contributed by atoms with van der Waals surface area (Å²) in [5, 5.41) is 14.2. The first kappa shape index (κ1) is 18.0. The highest BCUT2D eigenvalue weighted by molar-refractivity contribution is 6.02. The Bertz CT molecular complexity index is 1120. The first-order valence-corrected chi connectivity index (χ1v) is 9.21. The van der Waals surface area contributed by atoms with E-state index < -0.39 is 5.60 Å². The van der Waals surface area contributed by atoms with Crippen molar-refractivity contribution < 1.29 is 9.90 Å². The van der Waals surface area contributed by atoms with Gasteiger partial charge in [-0.3, -0.25) is 4.79 Å². The van der Waals surface area contributed by atoms with Crippen LogP contribution in [0.3, 0.4) is 0 Å². The average Bonchev–Trinajstić information content (AvgIpc) is 3.27. The number of amides is 1. The van der Waals surface area contributed by atoms with Crippen LogP contribution in [0.5, 0.6) is 0 Å². The lowest BCUT2D eigenvalue weighted by molar-refractivity contribution is -0.114. The van der Waals surface area contributed by atoms with Gasteiger partial charge in [0, 0.05) is 30.3 Å². The fourth-order valence-corrected chi connectivity index (χ4v) is 3.58. The highest BCUT2D eigenvalue weighted by Gasteiger charge is 2.28. The van der Waals surface area contributed by atoms with E-state index in [0.29, 0.717) is 29.9 Å². The molecule has 3 aromatic rings. The van der Waals surface area contributed by atoms with Gasteiger partial charge >= 0.3 is 0 Å². The van der Waals surface area contributed by atoms with E-state index in [2.05, 4.69) is 27.1 Å². The molecule has 0 spiro atoms. The summed E-state index contributed by atoms with van der Waals surface area (Å²) in [6.07, 6.45) is 6.81. The maximum Gasteiger partial charge on any atom is 0.221 e. The van der Waals surface area contributed by atoms with E-state index in [1.807, 2.05) is 29.0 Å². The van der Waals surface area contributed by atoms with E-state index in [1.54, 1.807) is 12.3 Å². The molecule has 28 heavy (non-hydrogen) atoms. The van der Waals surface area contributed by atoms with Crippen molar-refractivity contribution in [1.29, 1.82) is 0 Å². The summed E-state index contributed by atoms with van der Waals surface area (Å²) >= 11 is 0. The molecule has 4 N–H and O–H groups in total. The van der Waals surface area contributed by atoms with Crippen LogP contribution in [0.25, 0.3) is 16.7 Å². The van der Waals surface area contributed by atoms with Gasteiger partial charge < -0.3 is 20.7 Å². The third-order valence-electron chi connectivity index (χ3n) is 4.90. The fraction of sp³-hybridized carbons (Fsp3) is 0.286. The standard InChI is InChI=1S/C21H21N5O2/c1-14(27)24-17-12-15(4-9-21(28)7-2-3-8-21)13-18-16(17)6-11-26(18)19-5-10-23-20(22)25-19/h5-6,10-13,28H,2-3,7-8H2,1H3,(H,24,27)(H2,22,23,25). The molecule has 0 saturated heterocycles. The Hall–Kier alpha value is -3.37. The minimum atomic E-state index is -0.924. The third-order valence-corrected chi connectivity index (χ3v) is 4.90. The molecule has 1 saturated carbocycles. The summed E-state index contributed by atoms with van der Waals surface area (Å²) in [5.74, 6) is 6.74. The molecule has 0 aliphatic heterocycles. The normalized spacial score (nSPS) is 15.2. The van der Waals surface area contributed by atoms with Crippen molar-refractivity contribution in [3.63, 3.8) is 0 Å². The monoisotopic (exact) mass is 375 g/mol. The molecule has 0 unspecified atom stereocenters. The summed E-state index contributed by atoms with van der Waals surface area (Å²) in [4.78, 5) is 19.9. The molecule has 7 heteroatoms. The van der Waals surface area contributed by atoms with Crippen LogP contribution in [0.2, 0.25) is 0 Å². The zero-order valence-corrected chi connectivity index (χ0v) is 15.6. The average molecular weight is 375 g/mol. The Morgan fingerprint density at radius 3 is 2.82 bits per heavy atom. The molecule has 4 rings (SSSR count). The van der Waals surface area contributed by atoms with Crippen LogP contribution in [0.4, 0.5) is 11.6 Å². The maximum atomic E-state index is 11.7. The maximum absolute atomic E-state index is 11.7. The molecule has 1 amide bonds. The minimum absolute atomic E-state index is 0.167. The summed E-state index contributed by atoms with van der Waals surface area (Å²) in [5.41, 5.74) is 6.99. The third kappa shape index (κ3) is 3.55. The second kappa shape index (κ2) is 6.98. The van der Waals surface area contributed by atoms with E-state index in [9.17, 15) is 9.90 Å². The number of carbonyl (C=O) groups is 1. The van der Waals surface area contributed by atoms with Crippen LogP contribution in [0, 0.1) is 11.8 Å². The number of nitrogens with zero attached hydrogens (tertiary/aromatic N) is 3. The van der Waals surface area contributed by atoms with Crippen molar-refractivity contribution in [1.82, 2.24) is 14.5 Å². The summed E-state index contributed by atoms with van der Waals surface area (Å²) in [6.45, 7) is 1.47. The number of benzene rings is 1. The van der Waals surface area contributed by atoms with Gasteiger partial charge in [-0.1, -0.05) is 11.8 Å². The topological polar surface area (TPSA) is 106 Å². The molecule has 2 aromatic heterocycles. The molecule has 1 aromatic carbocycles. The van der Waals surface area contributed by atoms with E-state index in [-0.39, 0.29) is 11.9 Å². The quantitative estimate of drug-likeness (QED) is 0.597.